The summed E-state index contributed by atoms with van der Waals surface area (Å²) in [5.41, 5.74) is 13.1. The van der Waals surface area contributed by atoms with Gasteiger partial charge in [0.15, 0.2) is 0 Å². The fraction of sp³-hybridized carbons (Fsp3) is 0.333. The van der Waals surface area contributed by atoms with Crippen molar-refractivity contribution in [3.05, 3.63) is 69.5 Å². The molecule has 0 bridgehead atoms. The number of halogens is 1. The van der Waals surface area contributed by atoms with Gasteiger partial charge in [-0.1, -0.05) is 23.8 Å². The van der Waals surface area contributed by atoms with Crippen LogP contribution in [0.2, 0.25) is 0 Å². The van der Waals surface area contributed by atoms with E-state index in [1.807, 2.05) is 13.8 Å². The topological polar surface area (TPSA) is 26.0 Å². The molecule has 0 aromatic heterocycles. The lowest BCUT2D eigenvalue weighted by molar-refractivity contribution is 0.620. The molecule has 0 spiro atoms. The molecule has 0 fully saturated rings. The summed E-state index contributed by atoms with van der Waals surface area (Å²) in [6.07, 6.45) is 0.779. The minimum Gasteiger partial charge on any atom is -0.324 e. The van der Waals surface area contributed by atoms with Crippen molar-refractivity contribution >= 4 is 0 Å². The Balaban J connectivity index is 2.33. The Morgan fingerprint density at radius 3 is 2.15 bits per heavy atom. The molecule has 20 heavy (non-hydrogen) atoms. The molecule has 1 nitrogen and oxygen atoms in total. The van der Waals surface area contributed by atoms with E-state index in [1.54, 1.807) is 12.1 Å². The van der Waals surface area contributed by atoms with Crippen LogP contribution >= 0.6 is 0 Å². The van der Waals surface area contributed by atoms with Crippen LogP contribution in [-0.2, 0) is 6.42 Å². The Bertz CT molecular complexity index is 608. The van der Waals surface area contributed by atoms with Gasteiger partial charge in [0.05, 0.1) is 0 Å². The lowest BCUT2D eigenvalue weighted by atomic mass is 9.90. The quantitative estimate of drug-likeness (QED) is 0.885. The molecular formula is C18H22FN. The molecule has 2 N–H and O–H groups in total. The average molecular weight is 271 g/mol. The Morgan fingerprint density at radius 1 is 0.950 bits per heavy atom. The van der Waals surface area contributed by atoms with Crippen LogP contribution in [0.25, 0.3) is 0 Å². The van der Waals surface area contributed by atoms with Crippen molar-refractivity contribution in [1.29, 1.82) is 0 Å². The summed E-state index contributed by atoms with van der Waals surface area (Å²) < 4.78 is 13.4. The molecule has 2 aromatic carbocycles. The number of hydrogen-bond acceptors (Lipinski definition) is 1. The molecule has 0 aliphatic carbocycles. The van der Waals surface area contributed by atoms with Crippen LogP contribution in [0.4, 0.5) is 4.39 Å². The average Bonchev–Trinajstić information content (AvgIpc) is 2.32. The molecule has 0 aliphatic heterocycles. The van der Waals surface area contributed by atoms with E-state index in [-0.39, 0.29) is 11.9 Å². The van der Waals surface area contributed by atoms with Gasteiger partial charge in [-0.3, -0.25) is 0 Å². The first-order chi connectivity index (χ1) is 9.38. The number of rotatable bonds is 3. The Hall–Kier alpha value is -1.67. The molecule has 0 radical (unpaired) electrons. The van der Waals surface area contributed by atoms with Crippen molar-refractivity contribution in [3.8, 4) is 0 Å². The largest absolute Gasteiger partial charge is 0.324 e. The van der Waals surface area contributed by atoms with Gasteiger partial charge in [-0.05, 0) is 74.1 Å². The van der Waals surface area contributed by atoms with Crippen molar-refractivity contribution < 1.29 is 4.39 Å². The Morgan fingerprint density at radius 2 is 1.55 bits per heavy atom. The summed E-state index contributed by atoms with van der Waals surface area (Å²) in [5, 5.41) is 0. The smallest absolute Gasteiger partial charge is 0.123 e. The van der Waals surface area contributed by atoms with Crippen LogP contribution in [-0.4, -0.2) is 0 Å². The number of hydrogen-bond donors (Lipinski definition) is 1. The van der Waals surface area contributed by atoms with Crippen LogP contribution in [0.5, 0.6) is 0 Å². The van der Waals surface area contributed by atoms with Gasteiger partial charge in [0.1, 0.15) is 5.82 Å². The van der Waals surface area contributed by atoms with Crippen LogP contribution in [0.1, 0.15) is 39.4 Å². The summed E-state index contributed by atoms with van der Waals surface area (Å²) in [6, 6.07) is 9.44. The highest BCUT2D eigenvalue weighted by Gasteiger charge is 2.15. The van der Waals surface area contributed by atoms with E-state index < -0.39 is 0 Å². The third kappa shape index (κ3) is 3.07. The van der Waals surface area contributed by atoms with Crippen molar-refractivity contribution in [1.82, 2.24) is 0 Å². The first-order valence-electron chi connectivity index (χ1n) is 6.97. The minimum absolute atomic E-state index is 0.101. The zero-order valence-electron chi connectivity index (χ0n) is 12.6. The third-order valence-corrected chi connectivity index (χ3v) is 3.87. The van der Waals surface area contributed by atoms with E-state index >= 15 is 0 Å². The van der Waals surface area contributed by atoms with Crippen molar-refractivity contribution in [2.45, 2.75) is 40.2 Å². The van der Waals surface area contributed by atoms with Crippen molar-refractivity contribution in [2.75, 3.05) is 0 Å². The summed E-state index contributed by atoms with van der Waals surface area (Å²) >= 11 is 0. The van der Waals surface area contributed by atoms with Gasteiger partial charge in [-0.15, -0.1) is 0 Å². The predicted molar refractivity (Wildman–Crippen MR) is 82.4 cm³/mol. The molecular weight excluding hydrogens is 249 g/mol. The molecule has 106 valence electrons. The Labute approximate surface area is 120 Å². The normalized spacial score (nSPS) is 12.5. The number of benzene rings is 2. The molecule has 1 unspecified atom stereocenters. The zero-order valence-corrected chi connectivity index (χ0v) is 12.6. The minimum atomic E-state index is -0.192. The van der Waals surface area contributed by atoms with Crippen LogP contribution in [0, 0.1) is 33.5 Å². The fourth-order valence-corrected chi connectivity index (χ4v) is 2.87. The highest BCUT2D eigenvalue weighted by atomic mass is 19.1. The molecule has 0 heterocycles. The van der Waals surface area contributed by atoms with Gasteiger partial charge in [-0.2, -0.15) is 0 Å². The SMILES string of the molecule is Cc1ccc(C)c(CC(N)c2c(C)cc(F)cc2C)c1. The van der Waals surface area contributed by atoms with Gasteiger partial charge < -0.3 is 5.73 Å². The second kappa shape index (κ2) is 5.76. The summed E-state index contributed by atoms with van der Waals surface area (Å²) in [6.45, 7) is 8.04. The number of nitrogens with two attached hydrogens (primary N) is 1. The van der Waals surface area contributed by atoms with Crippen LogP contribution in [0.15, 0.2) is 30.3 Å². The molecule has 0 saturated carbocycles. The summed E-state index contributed by atoms with van der Waals surface area (Å²) in [4.78, 5) is 0. The second-order valence-corrected chi connectivity index (χ2v) is 5.69. The standard InChI is InChI=1S/C18H22FN/c1-11-5-6-12(2)15(7-11)10-17(20)18-13(3)8-16(19)9-14(18)4/h5-9,17H,10,20H2,1-4H3. The second-order valence-electron chi connectivity index (χ2n) is 5.69. The first-order valence-corrected chi connectivity index (χ1v) is 6.97. The van der Waals surface area contributed by atoms with Gasteiger partial charge >= 0.3 is 0 Å². The molecule has 0 amide bonds. The van der Waals surface area contributed by atoms with Crippen LogP contribution < -0.4 is 5.73 Å². The van der Waals surface area contributed by atoms with Crippen molar-refractivity contribution in [2.24, 2.45) is 5.73 Å². The van der Waals surface area contributed by atoms with Gasteiger partial charge in [0.25, 0.3) is 0 Å². The number of aryl methyl sites for hydroxylation is 4. The maximum atomic E-state index is 13.4. The summed E-state index contributed by atoms with van der Waals surface area (Å²) in [7, 11) is 0. The van der Waals surface area contributed by atoms with E-state index in [9.17, 15) is 4.39 Å². The first kappa shape index (κ1) is 14.7. The van der Waals surface area contributed by atoms with Gasteiger partial charge in [0, 0.05) is 6.04 Å². The van der Waals surface area contributed by atoms with Crippen LogP contribution in [0.3, 0.4) is 0 Å². The fourth-order valence-electron chi connectivity index (χ4n) is 2.87. The predicted octanol–water partition coefficient (Wildman–Crippen LogP) is 4.30. The highest BCUT2D eigenvalue weighted by Crippen LogP contribution is 2.25. The molecule has 2 heteroatoms. The van der Waals surface area contributed by atoms with E-state index in [2.05, 4.69) is 32.0 Å². The highest BCUT2D eigenvalue weighted by molar-refractivity contribution is 5.39. The monoisotopic (exact) mass is 271 g/mol. The van der Waals surface area contributed by atoms with Crippen molar-refractivity contribution in [3.63, 3.8) is 0 Å². The maximum absolute atomic E-state index is 13.4. The maximum Gasteiger partial charge on any atom is 0.123 e. The molecule has 0 aliphatic rings. The van der Waals surface area contributed by atoms with E-state index in [1.165, 1.54) is 16.7 Å². The lowest BCUT2D eigenvalue weighted by Crippen LogP contribution is -2.17. The summed E-state index contributed by atoms with van der Waals surface area (Å²) in [5.74, 6) is -0.192. The molecule has 2 rings (SSSR count). The molecule has 0 saturated heterocycles. The molecule has 2 aromatic rings. The lowest BCUT2D eigenvalue weighted by Gasteiger charge is -2.19. The van der Waals surface area contributed by atoms with Gasteiger partial charge in [-0.25, -0.2) is 4.39 Å². The Kier molecular flexibility index (Phi) is 4.24. The van der Waals surface area contributed by atoms with E-state index in [0.29, 0.717) is 0 Å². The van der Waals surface area contributed by atoms with E-state index in [0.717, 1.165) is 23.1 Å². The molecule has 1 atom stereocenters. The zero-order chi connectivity index (χ0) is 14.9. The third-order valence-electron chi connectivity index (χ3n) is 3.87. The van der Waals surface area contributed by atoms with Gasteiger partial charge in [0.2, 0.25) is 0 Å². The van der Waals surface area contributed by atoms with E-state index in [4.69, 9.17) is 5.73 Å².